The molecule has 0 saturated heterocycles. The van der Waals surface area contributed by atoms with E-state index >= 15 is 0 Å². The standard InChI is InChI=1S/C15H23N3O4/c1-15(2,3)22-14(20)18(4)11(13(19)21-5)8-10-6-7-12(16)17-9-10/h6-7,9,11H,8H2,1-5H3,(H2,16,17). The van der Waals surface area contributed by atoms with Crippen LogP contribution in [0.3, 0.4) is 0 Å². The van der Waals surface area contributed by atoms with Crippen molar-refractivity contribution in [2.45, 2.75) is 38.8 Å². The van der Waals surface area contributed by atoms with Gasteiger partial charge in [-0.1, -0.05) is 6.07 Å². The minimum Gasteiger partial charge on any atom is -0.467 e. The molecule has 0 fully saturated rings. The van der Waals surface area contributed by atoms with Crippen LogP contribution in [0, 0.1) is 0 Å². The van der Waals surface area contributed by atoms with Gasteiger partial charge in [0.05, 0.1) is 7.11 Å². The van der Waals surface area contributed by atoms with Crippen molar-refractivity contribution >= 4 is 17.9 Å². The molecule has 22 heavy (non-hydrogen) atoms. The molecule has 0 saturated carbocycles. The molecule has 0 aliphatic rings. The summed E-state index contributed by atoms with van der Waals surface area (Å²) in [5.74, 6) is -0.135. The highest BCUT2D eigenvalue weighted by Crippen LogP contribution is 2.14. The van der Waals surface area contributed by atoms with Gasteiger partial charge in [-0.25, -0.2) is 14.6 Å². The van der Waals surface area contributed by atoms with Crippen molar-refractivity contribution in [3.05, 3.63) is 23.9 Å². The summed E-state index contributed by atoms with van der Waals surface area (Å²) in [6.07, 6.45) is 1.23. The van der Waals surface area contributed by atoms with Gasteiger partial charge in [0.2, 0.25) is 0 Å². The Balaban J connectivity index is 2.90. The molecule has 0 spiro atoms. The molecule has 122 valence electrons. The average Bonchev–Trinajstić information content (AvgIpc) is 2.43. The van der Waals surface area contributed by atoms with Crippen LogP contribution in [0.5, 0.6) is 0 Å². The van der Waals surface area contributed by atoms with E-state index in [4.69, 9.17) is 15.2 Å². The third kappa shape index (κ3) is 5.23. The number of esters is 1. The van der Waals surface area contributed by atoms with E-state index in [0.29, 0.717) is 5.82 Å². The number of nitrogen functional groups attached to an aromatic ring is 1. The van der Waals surface area contributed by atoms with Crippen LogP contribution in [0.2, 0.25) is 0 Å². The zero-order chi connectivity index (χ0) is 16.9. The minimum absolute atomic E-state index is 0.260. The molecular formula is C15H23N3O4. The maximum Gasteiger partial charge on any atom is 0.410 e. The highest BCUT2D eigenvalue weighted by molar-refractivity contribution is 5.81. The Morgan fingerprint density at radius 1 is 1.36 bits per heavy atom. The lowest BCUT2D eigenvalue weighted by molar-refractivity contribution is -0.146. The summed E-state index contributed by atoms with van der Waals surface area (Å²) in [4.78, 5) is 29.3. The Bertz CT molecular complexity index is 523. The normalized spacial score (nSPS) is 12.4. The molecule has 1 aromatic rings. The summed E-state index contributed by atoms with van der Waals surface area (Å²) in [6, 6.07) is 2.59. The van der Waals surface area contributed by atoms with Crippen molar-refractivity contribution in [3.63, 3.8) is 0 Å². The highest BCUT2D eigenvalue weighted by atomic mass is 16.6. The molecule has 0 aliphatic carbocycles. The highest BCUT2D eigenvalue weighted by Gasteiger charge is 2.31. The molecule has 7 nitrogen and oxygen atoms in total. The lowest BCUT2D eigenvalue weighted by Gasteiger charge is -2.29. The Kier molecular flexibility index (Phi) is 5.73. The number of likely N-dealkylation sites (N-methyl/N-ethyl adjacent to an activating group) is 1. The van der Waals surface area contributed by atoms with Gasteiger partial charge < -0.3 is 15.2 Å². The summed E-state index contributed by atoms with van der Waals surface area (Å²) in [6.45, 7) is 5.28. The van der Waals surface area contributed by atoms with E-state index in [1.165, 1.54) is 19.1 Å². The first-order valence-electron chi connectivity index (χ1n) is 6.88. The number of aromatic nitrogens is 1. The van der Waals surface area contributed by atoms with Gasteiger partial charge >= 0.3 is 12.1 Å². The lowest BCUT2D eigenvalue weighted by Crippen LogP contribution is -2.46. The molecular weight excluding hydrogens is 286 g/mol. The Labute approximate surface area is 130 Å². The summed E-state index contributed by atoms with van der Waals surface area (Å²) >= 11 is 0. The summed E-state index contributed by atoms with van der Waals surface area (Å²) < 4.78 is 10.1. The number of carbonyl (C=O) groups excluding carboxylic acids is 2. The fraction of sp³-hybridized carbons (Fsp3) is 0.533. The van der Waals surface area contributed by atoms with Crippen LogP contribution >= 0.6 is 0 Å². The van der Waals surface area contributed by atoms with Crippen LogP contribution in [0.4, 0.5) is 10.6 Å². The second-order valence-electron chi connectivity index (χ2n) is 5.93. The van der Waals surface area contributed by atoms with Gasteiger partial charge in [-0.15, -0.1) is 0 Å². The number of methoxy groups -OCH3 is 1. The van der Waals surface area contributed by atoms with Gasteiger partial charge in [0.15, 0.2) is 0 Å². The molecule has 0 aliphatic heterocycles. The third-order valence-electron chi connectivity index (χ3n) is 2.90. The largest absolute Gasteiger partial charge is 0.467 e. The number of carbonyl (C=O) groups is 2. The first kappa shape index (κ1) is 17.7. The van der Waals surface area contributed by atoms with E-state index < -0.39 is 23.7 Å². The van der Waals surface area contributed by atoms with Crippen LogP contribution in [0.25, 0.3) is 0 Å². The number of ether oxygens (including phenoxy) is 2. The Hall–Kier alpha value is -2.31. The van der Waals surface area contributed by atoms with E-state index in [1.807, 2.05) is 0 Å². The smallest absolute Gasteiger partial charge is 0.410 e. The van der Waals surface area contributed by atoms with Crippen molar-refractivity contribution in [1.82, 2.24) is 9.88 Å². The van der Waals surface area contributed by atoms with Crippen molar-refractivity contribution < 1.29 is 19.1 Å². The van der Waals surface area contributed by atoms with Crippen LogP contribution in [0.1, 0.15) is 26.3 Å². The number of pyridine rings is 1. The number of hydrogen-bond donors (Lipinski definition) is 1. The first-order valence-corrected chi connectivity index (χ1v) is 6.88. The summed E-state index contributed by atoms with van der Waals surface area (Å²) in [7, 11) is 2.78. The van der Waals surface area contributed by atoms with E-state index in [0.717, 1.165) is 5.56 Å². The van der Waals surface area contributed by atoms with Crippen molar-refractivity contribution in [2.24, 2.45) is 0 Å². The maximum absolute atomic E-state index is 12.1. The monoisotopic (exact) mass is 309 g/mol. The Morgan fingerprint density at radius 2 is 2.00 bits per heavy atom. The molecule has 0 bridgehead atoms. The summed E-state index contributed by atoms with van der Waals surface area (Å²) in [5.41, 5.74) is 5.65. The quantitative estimate of drug-likeness (QED) is 0.849. The van der Waals surface area contributed by atoms with Crippen LogP contribution < -0.4 is 5.73 Å². The maximum atomic E-state index is 12.1. The molecule has 0 aromatic carbocycles. The number of hydrogen-bond acceptors (Lipinski definition) is 6. The van der Waals surface area contributed by atoms with Gasteiger partial charge in [-0.2, -0.15) is 0 Å². The molecule has 1 aromatic heterocycles. The molecule has 2 N–H and O–H groups in total. The van der Waals surface area contributed by atoms with E-state index in [1.54, 1.807) is 39.1 Å². The van der Waals surface area contributed by atoms with Gasteiger partial charge in [0.25, 0.3) is 0 Å². The third-order valence-corrected chi connectivity index (χ3v) is 2.90. The zero-order valence-corrected chi connectivity index (χ0v) is 13.6. The zero-order valence-electron chi connectivity index (χ0n) is 13.6. The molecule has 7 heteroatoms. The van der Waals surface area contributed by atoms with Gasteiger partial charge in [0, 0.05) is 19.7 Å². The SMILES string of the molecule is COC(=O)C(Cc1ccc(N)nc1)N(C)C(=O)OC(C)(C)C. The van der Waals surface area contributed by atoms with Crippen LogP contribution in [-0.4, -0.2) is 47.7 Å². The number of nitrogens with two attached hydrogens (primary N) is 1. The predicted molar refractivity (Wildman–Crippen MR) is 82.2 cm³/mol. The lowest BCUT2D eigenvalue weighted by atomic mass is 10.1. The first-order chi connectivity index (χ1) is 10.1. The Morgan fingerprint density at radius 3 is 2.45 bits per heavy atom. The van der Waals surface area contributed by atoms with Crippen molar-refractivity contribution in [1.29, 1.82) is 0 Å². The van der Waals surface area contributed by atoms with E-state index in [9.17, 15) is 9.59 Å². The molecule has 1 atom stereocenters. The van der Waals surface area contributed by atoms with Gasteiger partial charge in [-0.05, 0) is 32.4 Å². The summed E-state index contributed by atoms with van der Waals surface area (Å²) in [5, 5.41) is 0. The van der Waals surface area contributed by atoms with Gasteiger partial charge in [0.1, 0.15) is 17.5 Å². The number of rotatable bonds is 4. The van der Waals surface area contributed by atoms with Crippen molar-refractivity contribution in [3.8, 4) is 0 Å². The fourth-order valence-corrected chi connectivity index (χ4v) is 1.76. The van der Waals surface area contributed by atoms with E-state index in [-0.39, 0.29) is 6.42 Å². The van der Waals surface area contributed by atoms with Crippen LogP contribution in [0.15, 0.2) is 18.3 Å². The predicted octanol–water partition coefficient (Wildman–Crippen LogP) is 1.61. The second-order valence-corrected chi connectivity index (χ2v) is 5.93. The second kappa shape index (κ2) is 7.11. The number of nitrogens with zero attached hydrogens (tertiary/aromatic N) is 2. The number of amides is 1. The molecule has 1 amide bonds. The van der Waals surface area contributed by atoms with Gasteiger partial charge in [-0.3, -0.25) is 4.90 Å². The number of anilines is 1. The average molecular weight is 309 g/mol. The molecule has 1 unspecified atom stereocenters. The molecule has 1 rings (SSSR count). The van der Waals surface area contributed by atoms with Crippen molar-refractivity contribution in [2.75, 3.05) is 19.9 Å². The van der Waals surface area contributed by atoms with E-state index in [2.05, 4.69) is 4.98 Å². The fourth-order valence-electron chi connectivity index (χ4n) is 1.76. The minimum atomic E-state index is -0.801. The topological polar surface area (TPSA) is 94.8 Å². The molecule has 1 heterocycles. The molecule has 0 radical (unpaired) electrons. The van der Waals surface area contributed by atoms with Crippen LogP contribution in [-0.2, 0) is 20.7 Å².